The molecule has 0 unspecified atom stereocenters. The number of rotatable bonds is 7. The van der Waals surface area contributed by atoms with Crippen LogP contribution >= 0.6 is 7.82 Å². The van der Waals surface area contributed by atoms with E-state index >= 15 is 0 Å². The van der Waals surface area contributed by atoms with E-state index in [1.165, 1.54) is 0 Å². The Bertz CT molecular complexity index is 637. The van der Waals surface area contributed by atoms with Gasteiger partial charge >= 0.3 is 7.82 Å². The van der Waals surface area contributed by atoms with Crippen molar-refractivity contribution in [2.75, 3.05) is 40.6 Å². The fourth-order valence-corrected chi connectivity index (χ4v) is 2.68. The van der Waals surface area contributed by atoms with E-state index in [1.54, 1.807) is 19.9 Å². The maximum Gasteiger partial charge on any atom is 0.530 e. The molecule has 0 bridgehead atoms. The van der Waals surface area contributed by atoms with Gasteiger partial charge in [-0.3, -0.25) is 13.5 Å². The molecule has 0 saturated carbocycles. The Morgan fingerprint density at radius 2 is 1.58 bits per heavy atom. The van der Waals surface area contributed by atoms with Crippen LogP contribution in [0.5, 0.6) is 5.75 Å². The van der Waals surface area contributed by atoms with Crippen molar-refractivity contribution in [2.24, 2.45) is 0 Å². The molecule has 0 fully saturated rings. The highest BCUT2D eigenvalue weighted by Gasteiger charge is 2.28. The summed E-state index contributed by atoms with van der Waals surface area (Å²) in [7, 11) is -1.30. The molecular formula is C14H26NO7PS. The third-order valence-electron chi connectivity index (χ3n) is 2.38. The molecule has 0 aliphatic carbocycles. The molecule has 1 aromatic carbocycles. The summed E-state index contributed by atoms with van der Waals surface area (Å²) in [6.45, 7) is 4.04. The van der Waals surface area contributed by atoms with E-state index in [9.17, 15) is 4.57 Å². The summed E-state index contributed by atoms with van der Waals surface area (Å²) in [6, 6.07) is 7.42. The van der Waals surface area contributed by atoms with E-state index in [2.05, 4.69) is 0 Å². The quantitative estimate of drug-likeness (QED) is 0.405. The van der Waals surface area contributed by atoms with Crippen molar-refractivity contribution in [3.63, 3.8) is 0 Å². The second-order valence-electron chi connectivity index (χ2n) is 5.59. The van der Waals surface area contributed by atoms with Gasteiger partial charge in [-0.1, -0.05) is 6.07 Å². The molecule has 8 nitrogen and oxygen atoms in total. The topological polar surface area (TPSA) is 102 Å². The number of phosphoric ester groups is 1. The van der Waals surface area contributed by atoms with E-state index < -0.39 is 17.9 Å². The number of hydrogen-bond acceptors (Lipinski definition) is 7. The van der Waals surface area contributed by atoms with Crippen molar-refractivity contribution in [3.8, 4) is 5.75 Å². The normalized spacial score (nSPS) is 12.3. The number of benzene rings is 1. The van der Waals surface area contributed by atoms with Crippen molar-refractivity contribution < 1.29 is 31.1 Å². The highest BCUT2D eigenvalue weighted by atomic mass is 32.2. The molecule has 0 aliphatic heterocycles. The Morgan fingerprint density at radius 3 is 1.96 bits per heavy atom. The van der Waals surface area contributed by atoms with Gasteiger partial charge in [0.2, 0.25) is 0 Å². The summed E-state index contributed by atoms with van der Waals surface area (Å²) in [4.78, 5) is 0. The van der Waals surface area contributed by atoms with Crippen LogP contribution in [0.25, 0.3) is 0 Å². The van der Waals surface area contributed by atoms with Gasteiger partial charge in [0, 0.05) is 12.3 Å². The van der Waals surface area contributed by atoms with Crippen LogP contribution in [-0.4, -0.2) is 53.6 Å². The summed E-state index contributed by atoms with van der Waals surface area (Å²) < 4.78 is 55.8. The van der Waals surface area contributed by atoms with Crippen LogP contribution < -0.4 is 9.01 Å². The summed E-state index contributed by atoms with van der Waals surface area (Å²) in [5.41, 5.74) is 1.04. The van der Waals surface area contributed by atoms with Gasteiger partial charge in [-0.05, 0) is 26.0 Å². The van der Waals surface area contributed by atoms with Crippen LogP contribution in [0.2, 0.25) is 0 Å². The van der Waals surface area contributed by atoms with E-state index in [-0.39, 0.29) is 13.2 Å². The van der Waals surface area contributed by atoms with Crippen LogP contribution in [-0.2, 0) is 23.7 Å². The van der Waals surface area contributed by atoms with E-state index in [0.29, 0.717) is 16.5 Å². The number of nitrogens with zero attached hydrogens (tertiary/aromatic N) is 1. The lowest BCUT2D eigenvalue weighted by Crippen LogP contribution is -2.34. The molecular weight excluding hydrogens is 357 g/mol. The number of quaternary nitrogens is 1. The smallest absolute Gasteiger partial charge is 0.530 e. The van der Waals surface area contributed by atoms with Crippen LogP contribution in [0.3, 0.4) is 0 Å². The molecule has 0 radical (unpaired) electrons. The van der Waals surface area contributed by atoms with Gasteiger partial charge < -0.3 is 9.08 Å². The van der Waals surface area contributed by atoms with Gasteiger partial charge in [-0.25, -0.2) is 13.0 Å². The Hall–Kier alpha value is -0.960. The summed E-state index contributed by atoms with van der Waals surface area (Å²) in [5.74, 6) is 0.482. The minimum Gasteiger partial charge on any atom is -0.748 e. The van der Waals surface area contributed by atoms with Crippen molar-refractivity contribution in [2.45, 2.75) is 13.8 Å². The summed E-state index contributed by atoms with van der Waals surface area (Å²) in [6.07, 6.45) is 0.604. The molecule has 1 aromatic rings. The summed E-state index contributed by atoms with van der Waals surface area (Å²) in [5, 5.41) is 0. The fraction of sp³-hybridized carbons (Fsp3) is 0.571. The predicted molar refractivity (Wildman–Crippen MR) is 93.1 cm³/mol. The van der Waals surface area contributed by atoms with Gasteiger partial charge in [0.1, 0.15) is 11.4 Å². The number of hydrogen-bond donors (Lipinski definition) is 0. The van der Waals surface area contributed by atoms with Gasteiger partial charge in [-0.2, -0.15) is 0 Å². The van der Waals surface area contributed by atoms with E-state index in [0.717, 1.165) is 5.69 Å². The average Bonchev–Trinajstić information content (AvgIpc) is 2.36. The minimum atomic E-state index is -3.92. The van der Waals surface area contributed by atoms with Crippen LogP contribution in [0.4, 0.5) is 5.69 Å². The molecule has 10 heteroatoms. The first-order valence-corrected chi connectivity index (χ1v) is 10.5. The molecule has 0 saturated heterocycles. The standard InChI is InChI=1S/C13H23NO4P.CH4O3S/c1-6-16-19(15,17-7-2)18-13-10-8-9-12(11-13)14(3,4)5;1-5(2,3)4/h8-11H,6-7H2,1-5H3;1H3,(H,2,3,4)/q+1;/p-1. The van der Waals surface area contributed by atoms with Gasteiger partial charge in [0.15, 0.2) is 0 Å². The molecule has 24 heavy (non-hydrogen) atoms. The Balaban J connectivity index is 0.000000922. The van der Waals surface area contributed by atoms with Crippen molar-refractivity contribution >= 4 is 23.6 Å². The molecule has 0 amide bonds. The van der Waals surface area contributed by atoms with Crippen molar-refractivity contribution in [3.05, 3.63) is 24.3 Å². The molecule has 1 rings (SSSR count). The molecule has 0 spiro atoms. The molecule has 0 N–H and O–H groups in total. The lowest BCUT2D eigenvalue weighted by atomic mass is 10.2. The van der Waals surface area contributed by atoms with Crippen LogP contribution in [0, 0.1) is 0 Å². The lowest BCUT2D eigenvalue weighted by molar-refractivity contribution is 0.167. The van der Waals surface area contributed by atoms with Crippen molar-refractivity contribution in [1.29, 1.82) is 0 Å². The zero-order chi connectivity index (χ0) is 19.0. The zero-order valence-corrected chi connectivity index (χ0v) is 16.6. The monoisotopic (exact) mass is 383 g/mol. The van der Waals surface area contributed by atoms with E-state index in [4.69, 9.17) is 26.5 Å². The first-order valence-electron chi connectivity index (χ1n) is 7.22. The number of phosphoric acid groups is 1. The fourth-order valence-electron chi connectivity index (χ4n) is 1.49. The Labute approximate surface area is 144 Å². The maximum absolute atomic E-state index is 12.3. The average molecular weight is 383 g/mol. The third-order valence-corrected chi connectivity index (χ3v) is 3.97. The van der Waals surface area contributed by atoms with Crippen LogP contribution in [0.15, 0.2) is 24.3 Å². The predicted octanol–water partition coefficient (Wildman–Crippen LogP) is 2.60. The third kappa shape index (κ3) is 10.7. The first kappa shape index (κ1) is 23.0. The van der Waals surface area contributed by atoms with Crippen LogP contribution in [0.1, 0.15) is 13.8 Å². The summed E-state index contributed by atoms with van der Waals surface area (Å²) >= 11 is 0. The Kier molecular flexibility index (Phi) is 9.12. The maximum atomic E-state index is 12.3. The SMILES string of the molecule is CCOP(=O)(OCC)Oc1cccc([N+](C)(C)C)c1.CS(=O)(=O)[O-]. The molecule has 140 valence electrons. The van der Waals surface area contributed by atoms with Gasteiger partial charge in [0.05, 0.1) is 44.5 Å². The molecule has 0 aliphatic rings. The highest BCUT2D eigenvalue weighted by molar-refractivity contribution is 7.84. The largest absolute Gasteiger partial charge is 0.748 e. The zero-order valence-electron chi connectivity index (χ0n) is 14.9. The first-order chi connectivity index (χ1) is 10.8. The lowest BCUT2D eigenvalue weighted by Gasteiger charge is -2.24. The molecule has 0 aromatic heterocycles. The van der Waals surface area contributed by atoms with Gasteiger partial charge in [-0.15, -0.1) is 0 Å². The van der Waals surface area contributed by atoms with E-state index in [1.807, 2.05) is 39.3 Å². The van der Waals surface area contributed by atoms with Crippen molar-refractivity contribution in [1.82, 2.24) is 4.48 Å². The molecule has 0 atom stereocenters. The second kappa shape index (κ2) is 9.50. The molecule has 0 heterocycles. The van der Waals surface area contributed by atoms with Gasteiger partial charge in [0.25, 0.3) is 0 Å². The second-order valence-corrected chi connectivity index (χ2v) is 8.59. The highest BCUT2D eigenvalue weighted by Crippen LogP contribution is 2.49. The minimum absolute atomic E-state index is 0.270. The Morgan fingerprint density at radius 1 is 1.12 bits per heavy atom.